The lowest BCUT2D eigenvalue weighted by Crippen LogP contribution is -2.19. The zero-order valence-electron chi connectivity index (χ0n) is 14.0. The molecule has 2 N–H and O–H groups in total. The Labute approximate surface area is 151 Å². The predicted octanol–water partition coefficient (Wildman–Crippen LogP) is 1.70. The van der Waals surface area contributed by atoms with E-state index in [2.05, 4.69) is 20.5 Å². The summed E-state index contributed by atoms with van der Waals surface area (Å²) in [6, 6.07) is 3.85. The summed E-state index contributed by atoms with van der Waals surface area (Å²) in [7, 11) is 0. The van der Waals surface area contributed by atoms with Crippen molar-refractivity contribution in [3.8, 4) is 12.1 Å². The van der Waals surface area contributed by atoms with E-state index in [0.717, 1.165) is 11.3 Å². The van der Waals surface area contributed by atoms with E-state index in [1.807, 2.05) is 19.1 Å². The van der Waals surface area contributed by atoms with Crippen LogP contribution in [0, 0.1) is 29.6 Å². The Hall–Kier alpha value is -3.50. The van der Waals surface area contributed by atoms with Gasteiger partial charge in [-0.3, -0.25) is 19.3 Å². The van der Waals surface area contributed by atoms with Gasteiger partial charge >= 0.3 is 0 Å². The number of fused-ring (bicyclic) bond motifs is 1. The number of rotatable bonds is 4. The van der Waals surface area contributed by atoms with Crippen molar-refractivity contribution in [2.75, 3.05) is 5.32 Å². The topological polar surface area (TPSA) is 140 Å². The summed E-state index contributed by atoms with van der Waals surface area (Å²) >= 11 is 1.11. The van der Waals surface area contributed by atoms with Crippen LogP contribution in [0.5, 0.6) is 0 Å². The van der Waals surface area contributed by atoms with Crippen LogP contribution in [0.3, 0.4) is 0 Å². The zero-order valence-corrected chi connectivity index (χ0v) is 14.8. The molecule has 0 unspecified atom stereocenters. The smallest absolute Gasteiger partial charge is 0.267 e. The third-order valence-corrected chi connectivity index (χ3v) is 5.10. The third kappa shape index (κ3) is 2.72. The largest absolute Gasteiger partial charge is 0.303 e. The molecule has 3 aromatic heterocycles. The molecule has 0 radical (unpaired) electrons. The molecule has 0 aliphatic heterocycles. The molecule has 10 heteroatoms. The van der Waals surface area contributed by atoms with Gasteiger partial charge in [-0.1, -0.05) is 0 Å². The summed E-state index contributed by atoms with van der Waals surface area (Å²) in [5, 5.41) is 27.5. The average molecular weight is 367 g/mol. The predicted molar refractivity (Wildman–Crippen MR) is 94.9 cm³/mol. The fraction of sp³-hybridized carbons (Fsp3) is 0.250. The summed E-state index contributed by atoms with van der Waals surface area (Å²) in [5.74, 6) is -0.432. The number of aromatic nitrogens is 4. The lowest BCUT2D eigenvalue weighted by atomic mass is 10.2. The van der Waals surface area contributed by atoms with E-state index in [0.29, 0.717) is 32.9 Å². The summed E-state index contributed by atoms with van der Waals surface area (Å²) < 4.78 is 1.47. The van der Waals surface area contributed by atoms with Gasteiger partial charge in [-0.05, 0) is 19.4 Å². The van der Waals surface area contributed by atoms with Gasteiger partial charge in [0.2, 0.25) is 0 Å². The number of hydrogen-bond donors (Lipinski definition) is 2. The normalized spacial score (nSPS) is 10.5. The molecule has 1 amide bonds. The van der Waals surface area contributed by atoms with Crippen molar-refractivity contribution >= 4 is 33.3 Å². The number of amides is 1. The number of aromatic amines is 1. The van der Waals surface area contributed by atoms with Gasteiger partial charge in [0, 0.05) is 6.54 Å². The number of hydrogen-bond acceptors (Lipinski definition) is 7. The Bertz CT molecular complexity index is 1160. The van der Waals surface area contributed by atoms with Crippen molar-refractivity contribution in [3.05, 3.63) is 38.4 Å². The molecular weight excluding hydrogens is 354 g/mol. The molecule has 0 spiro atoms. The Balaban J connectivity index is 2.01. The summed E-state index contributed by atoms with van der Waals surface area (Å²) in [5.41, 5.74) is 0.796. The first-order chi connectivity index (χ1) is 12.5. The lowest BCUT2D eigenvalue weighted by Gasteiger charge is -2.02. The van der Waals surface area contributed by atoms with Crippen molar-refractivity contribution in [1.82, 2.24) is 19.7 Å². The van der Waals surface area contributed by atoms with Crippen molar-refractivity contribution in [2.24, 2.45) is 0 Å². The van der Waals surface area contributed by atoms with E-state index >= 15 is 0 Å². The molecule has 0 fully saturated rings. The molecule has 0 saturated heterocycles. The number of nitrogens with one attached hydrogen (secondary N) is 2. The molecular formula is C16H13N7O2S. The van der Waals surface area contributed by atoms with Crippen LogP contribution >= 0.6 is 11.3 Å². The van der Waals surface area contributed by atoms with Crippen molar-refractivity contribution in [2.45, 2.75) is 26.8 Å². The van der Waals surface area contributed by atoms with Crippen LogP contribution in [-0.2, 0) is 13.0 Å². The Morgan fingerprint density at radius 3 is 2.88 bits per heavy atom. The highest BCUT2D eigenvalue weighted by molar-refractivity contribution is 7.20. The SMILES string of the molecule is CCn1cnc2sc(C(=O)Nc3n[nH]c(CC#N)c3C#N)c(C)c2c1=O. The molecule has 9 nitrogen and oxygen atoms in total. The number of H-pyrrole nitrogens is 1. The maximum Gasteiger partial charge on any atom is 0.267 e. The quantitative estimate of drug-likeness (QED) is 0.719. The van der Waals surface area contributed by atoms with Gasteiger partial charge in [0.05, 0.1) is 34.8 Å². The van der Waals surface area contributed by atoms with Crippen LogP contribution in [0.1, 0.15) is 33.4 Å². The first kappa shape index (κ1) is 17.3. The van der Waals surface area contributed by atoms with Crippen LogP contribution in [-0.4, -0.2) is 25.7 Å². The summed E-state index contributed by atoms with van der Waals surface area (Å²) in [4.78, 5) is 30.1. The van der Waals surface area contributed by atoms with Crippen molar-refractivity contribution < 1.29 is 4.79 Å². The highest BCUT2D eigenvalue weighted by atomic mass is 32.1. The highest BCUT2D eigenvalue weighted by Gasteiger charge is 2.22. The minimum Gasteiger partial charge on any atom is -0.303 e. The van der Waals surface area contributed by atoms with E-state index < -0.39 is 5.91 Å². The Morgan fingerprint density at radius 1 is 1.46 bits per heavy atom. The molecule has 3 heterocycles. The molecule has 3 rings (SSSR count). The summed E-state index contributed by atoms with van der Waals surface area (Å²) in [6.45, 7) is 4.01. The van der Waals surface area contributed by atoms with Crippen LogP contribution in [0.2, 0.25) is 0 Å². The zero-order chi connectivity index (χ0) is 18.8. The molecule has 3 aromatic rings. The second-order valence-electron chi connectivity index (χ2n) is 5.40. The maximum absolute atomic E-state index is 12.6. The molecule has 26 heavy (non-hydrogen) atoms. The van der Waals surface area contributed by atoms with E-state index in [1.165, 1.54) is 10.9 Å². The van der Waals surface area contributed by atoms with E-state index in [9.17, 15) is 14.9 Å². The molecule has 0 aliphatic carbocycles. The minimum absolute atomic E-state index is 0.0197. The molecule has 0 bridgehead atoms. The Morgan fingerprint density at radius 2 is 2.23 bits per heavy atom. The number of nitriles is 2. The fourth-order valence-electron chi connectivity index (χ4n) is 2.56. The van der Waals surface area contributed by atoms with Crippen LogP contribution < -0.4 is 10.9 Å². The molecule has 0 aliphatic rings. The first-order valence-corrected chi connectivity index (χ1v) is 8.47. The van der Waals surface area contributed by atoms with Gasteiger partial charge in [0.25, 0.3) is 11.5 Å². The number of thiophene rings is 1. The second-order valence-corrected chi connectivity index (χ2v) is 6.40. The maximum atomic E-state index is 12.6. The van der Waals surface area contributed by atoms with Gasteiger partial charge < -0.3 is 5.32 Å². The fourth-order valence-corrected chi connectivity index (χ4v) is 3.60. The van der Waals surface area contributed by atoms with E-state index in [1.54, 1.807) is 6.92 Å². The number of aryl methyl sites for hydroxylation is 2. The van der Waals surface area contributed by atoms with Gasteiger partial charge in [0.1, 0.15) is 16.5 Å². The van der Waals surface area contributed by atoms with Crippen molar-refractivity contribution in [1.29, 1.82) is 10.5 Å². The average Bonchev–Trinajstić information content (AvgIpc) is 3.16. The monoisotopic (exact) mass is 367 g/mol. The summed E-state index contributed by atoms with van der Waals surface area (Å²) in [6.07, 6.45) is 1.44. The minimum atomic E-state index is -0.487. The third-order valence-electron chi connectivity index (χ3n) is 3.91. The Kier molecular flexibility index (Phi) is 4.52. The van der Waals surface area contributed by atoms with E-state index in [4.69, 9.17) is 5.26 Å². The molecule has 0 atom stereocenters. The number of carbonyl (C=O) groups is 1. The van der Waals surface area contributed by atoms with Crippen molar-refractivity contribution in [3.63, 3.8) is 0 Å². The van der Waals surface area contributed by atoms with Gasteiger partial charge in [-0.2, -0.15) is 15.6 Å². The van der Waals surface area contributed by atoms with Crippen LogP contribution in [0.25, 0.3) is 10.2 Å². The molecule has 130 valence electrons. The first-order valence-electron chi connectivity index (χ1n) is 7.65. The van der Waals surface area contributed by atoms with E-state index in [-0.39, 0.29) is 23.4 Å². The number of carbonyl (C=O) groups excluding carboxylic acids is 1. The van der Waals surface area contributed by atoms with Crippen LogP contribution in [0.4, 0.5) is 5.82 Å². The molecule has 0 aromatic carbocycles. The standard InChI is InChI=1S/C16H13N7O2S/c1-3-23-7-19-15-11(16(23)25)8(2)12(26-15)14(24)20-13-9(6-18)10(4-5-17)21-22-13/h7H,3-4H2,1-2H3,(H2,20,21,22,24). The van der Waals surface area contributed by atoms with Gasteiger partial charge in [-0.25, -0.2) is 4.98 Å². The van der Waals surface area contributed by atoms with Gasteiger partial charge in [0.15, 0.2) is 5.82 Å². The number of anilines is 1. The molecule has 0 saturated carbocycles. The lowest BCUT2D eigenvalue weighted by molar-refractivity contribution is 0.102. The number of nitrogens with zero attached hydrogens (tertiary/aromatic N) is 5. The van der Waals surface area contributed by atoms with Crippen LogP contribution in [0.15, 0.2) is 11.1 Å². The highest BCUT2D eigenvalue weighted by Crippen LogP contribution is 2.28. The van der Waals surface area contributed by atoms with Gasteiger partial charge in [-0.15, -0.1) is 11.3 Å². The second kappa shape index (κ2) is 6.78.